The molecule has 7 nitrogen and oxygen atoms in total. The Kier molecular flexibility index (Phi) is 3.50. The highest BCUT2D eigenvalue weighted by Crippen LogP contribution is 2.23. The van der Waals surface area contributed by atoms with Crippen LogP contribution in [0.5, 0.6) is 0 Å². The summed E-state index contributed by atoms with van der Waals surface area (Å²) >= 11 is 0. The Bertz CT molecular complexity index is 724. The van der Waals surface area contributed by atoms with Gasteiger partial charge in [0.25, 0.3) is 5.91 Å². The molecule has 3 rings (SSSR count). The minimum Gasteiger partial charge on any atom is -0.355 e. The van der Waals surface area contributed by atoms with Crippen LogP contribution in [-0.2, 0) is 0 Å². The molecule has 8 heteroatoms. The SMILES string of the molecule is NC(=O)N1CC(NC(=O)c2cc(-c3ccccc3F)on2)C1. The van der Waals surface area contributed by atoms with Gasteiger partial charge in [-0.3, -0.25) is 4.79 Å². The summed E-state index contributed by atoms with van der Waals surface area (Å²) in [6, 6.07) is 6.73. The van der Waals surface area contributed by atoms with Crippen LogP contribution in [0.15, 0.2) is 34.9 Å². The predicted molar refractivity (Wildman–Crippen MR) is 74.3 cm³/mol. The minimum atomic E-state index is -0.520. The van der Waals surface area contributed by atoms with Crippen molar-refractivity contribution in [2.75, 3.05) is 13.1 Å². The lowest BCUT2D eigenvalue weighted by molar-refractivity contribution is 0.0852. The van der Waals surface area contributed by atoms with Crippen LogP contribution in [0.1, 0.15) is 10.5 Å². The number of primary amides is 1. The van der Waals surface area contributed by atoms with Gasteiger partial charge in [-0.15, -0.1) is 0 Å². The van der Waals surface area contributed by atoms with Gasteiger partial charge in [-0.1, -0.05) is 17.3 Å². The van der Waals surface area contributed by atoms with Crippen LogP contribution in [0.4, 0.5) is 9.18 Å². The molecule has 0 spiro atoms. The van der Waals surface area contributed by atoms with Crippen molar-refractivity contribution in [3.8, 4) is 11.3 Å². The molecular weight excluding hydrogens is 291 g/mol. The summed E-state index contributed by atoms with van der Waals surface area (Å²) in [7, 11) is 0. The Morgan fingerprint density at radius 2 is 2.09 bits per heavy atom. The van der Waals surface area contributed by atoms with Crippen molar-refractivity contribution >= 4 is 11.9 Å². The first-order valence-electron chi connectivity index (χ1n) is 6.61. The number of nitrogens with two attached hydrogens (primary N) is 1. The van der Waals surface area contributed by atoms with E-state index in [0.717, 1.165) is 0 Å². The second kappa shape index (κ2) is 5.47. The number of nitrogens with one attached hydrogen (secondary N) is 1. The Balaban J connectivity index is 1.66. The van der Waals surface area contributed by atoms with E-state index in [1.165, 1.54) is 23.1 Å². The molecule has 3 N–H and O–H groups in total. The van der Waals surface area contributed by atoms with Crippen molar-refractivity contribution < 1.29 is 18.5 Å². The van der Waals surface area contributed by atoms with Gasteiger partial charge in [0, 0.05) is 19.2 Å². The Morgan fingerprint density at radius 3 is 2.77 bits per heavy atom. The molecule has 1 aliphatic heterocycles. The van der Waals surface area contributed by atoms with Crippen molar-refractivity contribution in [1.29, 1.82) is 0 Å². The number of carbonyl (C=O) groups is 2. The number of carbonyl (C=O) groups excluding carboxylic acids is 2. The summed E-state index contributed by atoms with van der Waals surface area (Å²) in [4.78, 5) is 24.2. The van der Waals surface area contributed by atoms with Gasteiger partial charge in [0.15, 0.2) is 11.5 Å². The summed E-state index contributed by atoms with van der Waals surface area (Å²) in [5.41, 5.74) is 5.38. The highest BCUT2D eigenvalue weighted by atomic mass is 19.1. The van der Waals surface area contributed by atoms with Gasteiger partial charge in [0.2, 0.25) is 0 Å². The largest absolute Gasteiger partial charge is 0.355 e. The number of likely N-dealkylation sites (tertiary alicyclic amines) is 1. The number of amides is 3. The maximum Gasteiger partial charge on any atom is 0.314 e. The molecule has 2 aromatic rings. The number of nitrogens with zero attached hydrogens (tertiary/aromatic N) is 2. The average molecular weight is 304 g/mol. The lowest BCUT2D eigenvalue weighted by atomic mass is 10.1. The molecule has 0 atom stereocenters. The molecule has 114 valence electrons. The van der Waals surface area contributed by atoms with Crippen LogP contribution in [0.2, 0.25) is 0 Å². The molecule has 3 amide bonds. The van der Waals surface area contributed by atoms with Crippen LogP contribution >= 0.6 is 0 Å². The second-order valence-corrected chi connectivity index (χ2v) is 4.97. The van der Waals surface area contributed by atoms with Crippen LogP contribution in [0.25, 0.3) is 11.3 Å². The zero-order valence-electron chi connectivity index (χ0n) is 11.5. The monoisotopic (exact) mass is 304 g/mol. The van der Waals surface area contributed by atoms with Gasteiger partial charge in [0.05, 0.1) is 11.6 Å². The summed E-state index contributed by atoms with van der Waals surface area (Å²) in [5.74, 6) is -0.724. The Hall–Kier alpha value is -2.90. The molecule has 0 saturated carbocycles. The van der Waals surface area contributed by atoms with Gasteiger partial charge in [-0.05, 0) is 12.1 Å². The highest BCUT2D eigenvalue weighted by molar-refractivity contribution is 5.93. The molecule has 1 aromatic heterocycles. The van der Waals surface area contributed by atoms with Crippen LogP contribution < -0.4 is 11.1 Å². The van der Waals surface area contributed by atoms with Gasteiger partial charge < -0.3 is 20.5 Å². The third kappa shape index (κ3) is 2.62. The van der Waals surface area contributed by atoms with Crippen molar-refractivity contribution in [1.82, 2.24) is 15.4 Å². The lowest BCUT2D eigenvalue weighted by Crippen LogP contribution is -2.62. The molecule has 22 heavy (non-hydrogen) atoms. The number of hydrogen-bond acceptors (Lipinski definition) is 4. The molecule has 0 bridgehead atoms. The first-order chi connectivity index (χ1) is 10.5. The third-order valence-corrected chi connectivity index (χ3v) is 3.41. The fourth-order valence-electron chi connectivity index (χ4n) is 2.18. The number of halogens is 1. The van der Waals surface area contributed by atoms with E-state index in [-0.39, 0.29) is 23.1 Å². The van der Waals surface area contributed by atoms with E-state index in [9.17, 15) is 14.0 Å². The van der Waals surface area contributed by atoms with E-state index in [4.69, 9.17) is 10.3 Å². The number of urea groups is 1. The fourth-order valence-corrected chi connectivity index (χ4v) is 2.18. The molecule has 1 saturated heterocycles. The molecular formula is C14H13FN4O3. The lowest BCUT2D eigenvalue weighted by Gasteiger charge is -2.37. The maximum absolute atomic E-state index is 13.6. The van der Waals surface area contributed by atoms with Crippen LogP contribution in [-0.4, -0.2) is 41.1 Å². The first kappa shape index (κ1) is 14.1. The predicted octanol–water partition coefficient (Wildman–Crippen LogP) is 0.973. The Morgan fingerprint density at radius 1 is 1.36 bits per heavy atom. The van der Waals surface area contributed by atoms with Gasteiger partial charge >= 0.3 is 6.03 Å². The maximum atomic E-state index is 13.6. The number of hydrogen-bond donors (Lipinski definition) is 2. The van der Waals surface area contributed by atoms with E-state index < -0.39 is 17.8 Å². The highest BCUT2D eigenvalue weighted by Gasteiger charge is 2.31. The number of rotatable bonds is 3. The van der Waals surface area contributed by atoms with E-state index in [2.05, 4.69) is 10.5 Å². The van der Waals surface area contributed by atoms with Gasteiger partial charge in [0.1, 0.15) is 5.82 Å². The summed E-state index contributed by atoms with van der Waals surface area (Å²) in [6.07, 6.45) is 0. The van der Waals surface area contributed by atoms with Crippen molar-refractivity contribution in [3.05, 3.63) is 41.8 Å². The quantitative estimate of drug-likeness (QED) is 0.882. The molecule has 0 radical (unpaired) electrons. The molecule has 1 aliphatic rings. The molecule has 1 fully saturated rings. The second-order valence-electron chi connectivity index (χ2n) is 4.97. The molecule has 0 aliphatic carbocycles. The zero-order valence-corrected chi connectivity index (χ0v) is 11.5. The summed E-state index contributed by atoms with van der Waals surface area (Å²) in [5, 5.41) is 6.33. The van der Waals surface area contributed by atoms with E-state index in [0.29, 0.717) is 13.1 Å². The number of benzene rings is 1. The smallest absolute Gasteiger partial charge is 0.314 e. The van der Waals surface area contributed by atoms with Crippen LogP contribution in [0.3, 0.4) is 0 Å². The summed E-state index contributed by atoms with van der Waals surface area (Å²) < 4.78 is 18.7. The van der Waals surface area contributed by atoms with Gasteiger partial charge in [-0.2, -0.15) is 0 Å². The number of aromatic nitrogens is 1. The summed E-state index contributed by atoms with van der Waals surface area (Å²) in [6.45, 7) is 0.720. The topological polar surface area (TPSA) is 101 Å². The third-order valence-electron chi connectivity index (χ3n) is 3.41. The molecule has 1 aromatic carbocycles. The van der Waals surface area contributed by atoms with Gasteiger partial charge in [-0.25, -0.2) is 9.18 Å². The van der Waals surface area contributed by atoms with E-state index in [1.54, 1.807) is 12.1 Å². The van der Waals surface area contributed by atoms with E-state index >= 15 is 0 Å². The van der Waals surface area contributed by atoms with E-state index in [1.807, 2.05) is 0 Å². The minimum absolute atomic E-state index is 0.0516. The Labute approximate surface area is 124 Å². The first-order valence-corrected chi connectivity index (χ1v) is 6.61. The standard InChI is InChI=1S/C14H13FN4O3/c15-10-4-2-1-3-9(10)12-5-11(18-22-12)13(20)17-8-6-19(7-8)14(16)21/h1-5,8H,6-7H2,(H2,16,21)(H,17,20). The van der Waals surface area contributed by atoms with Crippen LogP contribution in [0, 0.1) is 5.82 Å². The van der Waals surface area contributed by atoms with Crippen molar-refractivity contribution in [2.24, 2.45) is 5.73 Å². The van der Waals surface area contributed by atoms with Crippen molar-refractivity contribution in [2.45, 2.75) is 6.04 Å². The molecule has 0 unspecified atom stereocenters. The normalized spacial score (nSPS) is 14.5. The van der Waals surface area contributed by atoms with Crippen molar-refractivity contribution in [3.63, 3.8) is 0 Å². The molecule has 2 heterocycles. The fraction of sp³-hybridized carbons (Fsp3) is 0.214. The zero-order chi connectivity index (χ0) is 15.7. The average Bonchev–Trinajstić information content (AvgIpc) is 2.91.